The Kier molecular flexibility index (Phi) is 5.00. The molecule has 0 atom stereocenters. The molecule has 0 fully saturated rings. The first-order valence-corrected chi connectivity index (χ1v) is 9.29. The van der Waals surface area contributed by atoms with Crippen molar-refractivity contribution in [3.8, 4) is 11.5 Å². The average Bonchev–Trinajstić information content (AvgIpc) is 2.46. The zero-order chi connectivity index (χ0) is 16.3. The summed E-state index contributed by atoms with van der Waals surface area (Å²) in [5.74, 6) is 1.22. The minimum Gasteiger partial charge on any atom is -0.455 e. The lowest BCUT2D eigenvalue weighted by atomic mass is 10.2. The highest BCUT2D eigenvalue weighted by molar-refractivity contribution is 7.98. The number of aryl methyl sites for hydroxylation is 1. The van der Waals surface area contributed by atoms with E-state index in [1.54, 1.807) is 24.9 Å². The van der Waals surface area contributed by atoms with Crippen molar-refractivity contribution in [1.82, 2.24) is 0 Å². The summed E-state index contributed by atoms with van der Waals surface area (Å²) < 4.78 is 28.6. The highest BCUT2D eigenvalue weighted by Gasteiger charge is 2.12. The summed E-state index contributed by atoms with van der Waals surface area (Å²) in [5, 5.41) is 8.05. The molecule has 0 spiro atoms. The molecule has 3 N–H and O–H groups in total. The van der Waals surface area contributed by atoms with Gasteiger partial charge in [-0.2, -0.15) is 0 Å². The first-order valence-electron chi connectivity index (χ1n) is 6.52. The molecule has 22 heavy (non-hydrogen) atoms. The van der Waals surface area contributed by atoms with E-state index in [0.717, 1.165) is 5.56 Å². The Morgan fingerprint density at radius 2 is 1.91 bits per heavy atom. The molecule has 0 aliphatic rings. The van der Waals surface area contributed by atoms with Gasteiger partial charge < -0.3 is 10.1 Å². The molecule has 2 rings (SSSR count). The molecule has 2 aromatic carbocycles. The van der Waals surface area contributed by atoms with Gasteiger partial charge in [0.25, 0.3) is 0 Å². The van der Waals surface area contributed by atoms with E-state index in [9.17, 15) is 8.42 Å². The van der Waals surface area contributed by atoms with Crippen LogP contribution < -0.4 is 15.2 Å². The number of nitrogens with two attached hydrogens (primary N) is 1. The van der Waals surface area contributed by atoms with Gasteiger partial charge in [-0.15, -0.1) is 11.8 Å². The van der Waals surface area contributed by atoms with Crippen LogP contribution in [0.4, 0.5) is 5.69 Å². The van der Waals surface area contributed by atoms with Gasteiger partial charge in [0.1, 0.15) is 5.75 Å². The van der Waals surface area contributed by atoms with E-state index >= 15 is 0 Å². The van der Waals surface area contributed by atoms with Crippen molar-refractivity contribution in [2.45, 2.75) is 16.7 Å². The van der Waals surface area contributed by atoms with Crippen LogP contribution in [0.5, 0.6) is 11.5 Å². The molecule has 0 radical (unpaired) electrons. The number of thioether (sulfide) groups is 1. The fourth-order valence-corrected chi connectivity index (χ4v) is 3.14. The lowest BCUT2D eigenvalue weighted by molar-refractivity contribution is 0.483. The quantitative estimate of drug-likeness (QED) is 0.818. The number of hydrogen-bond donors (Lipinski definition) is 2. The maximum atomic E-state index is 11.4. The average molecular weight is 338 g/mol. The fourth-order valence-electron chi connectivity index (χ4n) is 2.01. The molecule has 0 unspecified atom stereocenters. The monoisotopic (exact) mass is 338 g/mol. The maximum Gasteiger partial charge on any atom is 0.238 e. The smallest absolute Gasteiger partial charge is 0.238 e. The number of anilines is 1. The molecule has 0 saturated heterocycles. The van der Waals surface area contributed by atoms with Crippen LogP contribution in [0.15, 0.2) is 46.2 Å². The number of benzene rings is 2. The van der Waals surface area contributed by atoms with Crippen molar-refractivity contribution in [3.05, 3.63) is 42.0 Å². The van der Waals surface area contributed by atoms with Gasteiger partial charge in [-0.3, -0.25) is 0 Å². The molecule has 2 aromatic rings. The molecule has 118 valence electrons. The third kappa shape index (κ3) is 3.73. The molecule has 0 amide bonds. The minimum absolute atomic E-state index is 0.0399. The zero-order valence-electron chi connectivity index (χ0n) is 12.6. The van der Waals surface area contributed by atoms with E-state index in [1.165, 1.54) is 17.0 Å². The fraction of sp³-hybridized carbons (Fsp3) is 0.200. The third-order valence-corrected chi connectivity index (χ3v) is 4.95. The van der Waals surface area contributed by atoms with Crippen LogP contribution >= 0.6 is 11.8 Å². The van der Waals surface area contributed by atoms with Crippen molar-refractivity contribution in [3.63, 3.8) is 0 Å². The van der Waals surface area contributed by atoms with Crippen molar-refractivity contribution in [1.29, 1.82) is 0 Å². The second kappa shape index (κ2) is 6.60. The second-order valence-electron chi connectivity index (χ2n) is 4.69. The van der Waals surface area contributed by atoms with E-state index < -0.39 is 10.0 Å². The van der Waals surface area contributed by atoms with Crippen LogP contribution in [0.2, 0.25) is 0 Å². The Bertz CT molecular complexity index is 789. The molecule has 0 saturated carbocycles. The molecule has 7 heteroatoms. The first-order chi connectivity index (χ1) is 10.3. The summed E-state index contributed by atoms with van der Waals surface area (Å²) in [7, 11) is -2.05. The van der Waals surface area contributed by atoms with Crippen LogP contribution in [0.25, 0.3) is 0 Å². The SMILES string of the molecule is CNc1cc(S(N)(=O)=O)ccc1Oc1ccc(SC)c(C)c1. The van der Waals surface area contributed by atoms with Crippen LogP contribution in [-0.4, -0.2) is 21.7 Å². The Morgan fingerprint density at radius 1 is 1.18 bits per heavy atom. The topological polar surface area (TPSA) is 81.4 Å². The predicted octanol–water partition coefficient (Wildman–Crippen LogP) is 3.20. The Hall–Kier alpha value is -1.70. The van der Waals surface area contributed by atoms with E-state index in [2.05, 4.69) is 5.32 Å². The number of sulfonamides is 1. The molecular weight excluding hydrogens is 320 g/mol. The van der Waals surface area contributed by atoms with Gasteiger partial charge in [-0.05, 0) is 55.1 Å². The summed E-state index contributed by atoms with van der Waals surface area (Å²) >= 11 is 1.67. The van der Waals surface area contributed by atoms with E-state index in [-0.39, 0.29) is 4.90 Å². The summed E-state index contributed by atoms with van der Waals surface area (Å²) in [6.45, 7) is 2.02. The van der Waals surface area contributed by atoms with Crippen molar-refractivity contribution in [2.24, 2.45) is 5.14 Å². The lowest BCUT2D eigenvalue weighted by Gasteiger charge is -2.13. The molecule has 0 aromatic heterocycles. The van der Waals surface area contributed by atoms with Crippen molar-refractivity contribution in [2.75, 3.05) is 18.6 Å². The molecule has 0 heterocycles. The highest BCUT2D eigenvalue weighted by Crippen LogP contribution is 2.33. The predicted molar refractivity (Wildman–Crippen MR) is 90.4 cm³/mol. The normalized spacial score (nSPS) is 11.3. The van der Waals surface area contributed by atoms with Crippen LogP contribution in [0.1, 0.15) is 5.56 Å². The van der Waals surface area contributed by atoms with Gasteiger partial charge in [-0.1, -0.05) is 0 Å². The standard InChI is InChI=1S/C15H18N2O3S2/c1-10-8-11(4-7-15(10)21-3)20-14-6-5-12(22(16,18)19)9-13(14)17-2/h4-9,17H,1-3H3,(H2,16,18,19). The molecule has 5 nitrogen and oxygen atoms in total. The number of ether oxygens (including phenoxy) is 1. The molecule has 0 aliphatic heterocycles. The van der Waals surface area contributed by atoms with E-state index in [0.29, 0.717) is 17.2 Å². The van der Waals surface area contributed by atoms with E-state index in [1.807, 2.05) is 31.4 Å². The van der Waals surface area contributed by atoms with Gasteiger partial charge in [0.2, 0.25) is 10.0 Å². The Balaban J connectivity index is 2.35. The third-order valence-electron chi connectivity index (χ3n) is 3.14. The Labute approximate surface area is 134 Å². The zero-order valence-corrected chi connectivity index (χ0v) is 14.2. The van der Waals surface area contributed by atoms with Crippen molar-refractivity contribution < 1.29 is 13.2 Å². The number of nitrogens with one attached hydrogen (secondary N) is 1. The molecule has 0 bridgehead atoms. The summed E-state index contributed by atoms with van der Waals surface area (Å²) in [6, 6.07) is 10.3. The van der Waals surface area contributed by atoms with Crippen LogP contribution in [0, 0.1) is 6.92 Å². The molecular formula is C15H18N2O3S2. The minimum atomic E-state index is -3.74. The van der Waals surface area contributed by atoms with Gasteiger partial charge in [-0.25, -0.2) is 13.6 Å². The first kappa shape index (κ1) is 16.7. The number of hydrogen-bond acceptors (Lipinski definition) is 5. The van der Waals surface area contributed by atoms with Gasteiger partial charge >= 0.3 is 0 Å². The summed E-state index contributed by atoms with van der Waals surface area (Å²) in [5.41, 5.74) is 1.68. The summed E-state index contributed by atoms with van der Waals surface area (Å²) in [4.78, 5) is 1.23. The summed E-state index contributed by atoms with van der Waals surface area (Å²) in [6.07, 6.45) is 2.02. The lowest BCUT2D eigenvalue weighted by Crippen LogP contribution is -2.12. The van der Waals surface area contributed by atoms with Gasteiger partial charge in [0.15, 0.2) is 5.75 Å². The largest absolute Gasteiger partial charge is 0.455 e. The van der Waals surface area contributed by atoms with Crippen LogP contribution in [-0.2, 0) is 10.0 Å². The second-order valence-corrected chi connectivity index (χ2v) is 7.10. The van der Waals surface area contributed by atoms with Crippen molar-refractivity contribution >= 4 is 27.5 Å². The van der Waals surface area contributed by atoms with E-state index in [4.69, 9.17) is 9.88 Å². The Morgan fingerprint density at radius 3 is 2.45 bits per heavy atom. The number of primary sulfonamides is 1. The molecule has 0 aliphatic carbocycles. The van der Waals surface area contributed by atoms with Gasteiger partial charge in [0.05, 0.1) is 10.6 Å². The van der Waals surface area contributed by atoms with Gasteiger partial charge in [0, 0.05) is 11.9 Å². The number of rotatable bonds is 5. The highest BCUT2D eigenvalue weighted by atomic mass is 32.2. The van der Waals surface area contributed by atoms with Crippen LogP contribution in [0.3, 0.4) is 0 Å². The maximum absolute atomic E-state index is 11.4.